The molecule has 5 nitrogen and oxygen atoms in total. The van der Waals surface area contributed by atoms with Crippen LogP contribution in [-0.2, 0) is 9.59 Å². The van der Waals surface area contributed by atoms with Crippen LogP contribution in [0.25, 0.3) is 17.0 Å². The first kappa shape index (κ1) is 14.4. The van der Waals surface area contributed by atoms with E-state index in [4.69, 9.17) is 9.52 Å². The van der Waals surface area contributed by atoms with Crippen molar-refractivity contribution in [2.75, 3.05) is 13.1 Å². The maximum absolute atomic E-state index is 12.1. The number of hydrogen-bond donors (Lipinski definition) is 1. The van der Waals surface area contributed by atoms with E-state index in [0.717, 1.165) is 11.0 Å². The molecule has 22 heavy (non-hydrogen) atoms. The lowest BCUT2D eigenvalue weighted by Crippen LogP contribution is -2.39. The number of piperidine rings is 1. The number of carbonyl (C=O) groups is 2. The highest BCUT2D eigenvalue weighted by Gasteiger charge is 2.25. The highest BCUT2D eigenvalue weighted by atomic mass is 16.4. The molecule has 1 N–H and O–H groups in total. The summed E-state index contributed by atoms with van der Waals surface area (Å²) in [6, 6.07) is 9.55. The number of para-hydroxylation sites is 1. The van der Waals surface area contributed by atoms with E-state index in [0.29, 0.717) is 31.7 Å². The summed E-state index contributed by atoms with van der Waals surface area (Å²) in [5.74, 6) is -0.576. The molecule has 2 heterocycles. The van der Waals surface area contributed by atoms with Crippen LogP contribution in [0.2, 0.25) is 0 Å². The fourth-order valence-corrected chi connectivity index (χ4v) is 2.69. The first-order valence-corrected chi connectivity index (χ1v) is 7.32. The number of nitrogens with zero attached hydrogens (tertiary/aromatic N) is 1. The molecule has 0 unspecified atom stereocenters. The molecule has 1 fully saturated rings. The minimum absolute atomic E-state index is 0.107. The van der Waals surface area contributed by atoms with Crippen LogP contribution >= 0.6 is 0 Å². The van der Waals surface area contributed by atoms with Gasteiger partial charge in [-0.05, 0) is 31.1 Å². The van der Waals surface area contributed by atoms with Gasteiger partial charge in [-0.2, -0.15) is 0 Å². The van der Waals surface area contributed by atoms with Gasteiger partial charge < -0.3 is 14.4 Å². The van der Waals surface area contributed by atoms with Crippen LogP contribution in [0.5, 0.6) is 0 Å². The topological polar surface area (TPSA) is 70.8 Å². The van der Waals surface area contributed by atoms with Crippen molar-refractivity contribution in [3.05, 3.63) is 42.2 Å². The first-order chi connectivity index (χ1) is 10.6. The zero-order valence-electron chi connectivity index (χ0n) is 12.1. The Balaban J connectivity index is 1.63. The predicted octanol–water partition coefficient (Wildman–Crippen LogP) is 2.77. The van der Waals surface area contributed by atoms with Crippen LogP contribution in [-0.4, -0.2) is 35.0 Å². The average Bonchev–Trinajstić information content (AvgIpc) is 2.95. The van der Waals surface area contributed by atoms with Gasteiger partial charge in [0.2, 0.25) is 5.91 Å². The zero-order valence-corrected chi connectivity index (χ0v) is 12.1. The minimum atomic E-state index is -0.773. The van der Waals surface area contributed by atoms with Crippen molar-refractivity contribution >= 4 is 28.9 Å². The second-order valence-corrected chi connectivity index (χ2v) is 5.46. The number of aliphatic carboxylic acids is 1. The molecule has 1 amide bonds. The van der Waals surface area contributed by atoms with Gasteiger partial charge in [0, 0.05) is 24.6 Å². The highest BCUT2D eigenvalue weighted by molar-refractivity contribution is 5.92. The van der Waals surface area contributed by atoms with Crippen LogP contribution in [0.15, 0.2) is 40.8 Å². The van der Waals surface area contributed by atoms with E-state index >= 15 is 0 Å². The Hall–Kier alpha value is -2.56. The molecule has 1 aromatic carbocycles. The van der Waals surface area contributed by atoms with Gasteiger partial charge in [0.1, 0.15) is 11.3 Å². The summed E-state index contributed by atoms with van der Waals surface area (Å²) >= 11 is 0. The SMILES string of the molecule is O=C(O)C1CCN(C(=O)/C=C/c2cc3ccccc3o2)CC1. The normalized spacial score (nSPS) is 16.5. The molecule has 0 atom stereocenters. The molecule has 0 radical (unpaired) electrons. The standard InChI is InChI=1S/C17H17NO4/c19-16(18-9-7-12(8-10-18)17(20)21)6-5-14-11-13-3-1-2-4-15(13)22-14/h1-6,11-12H,7-10H2,(H,20,21)/b6-5+. The van der Waals surface area contributed by atoms with Crippen LogP contribution in [0.3, 0.4) is 0 Å². The fourth-order valence-electron chi connectivity index (χ4n) is 2.69. The van der Waals surface area contributed by atoms with Gasteiger partial charge in [0.25, 0.3) is 0 Å². The molecule has 1 aliphatic rings. The van der Waals surface area contributed by atoms with Gasteiger partial charge in [-0.15, -0.1) is 0 Å². The molecule has 114 valence electrons. The number of fused-ring (bicyclic) bond motifs is 1. The molecular formula is C17H17NO4. The Morgan fingerprint density at radius 3 is 2.64 bits per heavy atom. The van der Waals surface area contributed by atoms with E-state index in [2.05, 4.69) is 0 Å². The molecule has 0 aliphatic carbocycles. The van der Waals surface area contributed by atoms with Crippen molar-refractivity contribution in [1.29, 1.82) is 0 Å². The third kappa shape index (κ3) is 3.03. The molecule has 3 rings (SSSR count). The summed E-state index contributed by atoms with van der Waals surface area (Å²) in [7, 11) is 0. The second kappa shape index (κ2) is 6.05. The van der Waals surface area contributed by atoms with Crippen molar-refractivity contribution in [1.82, 2.24) is 4.90 Å². The molecule has 2 aromatic rings. The number of carboxylic acids is 1. The van der Waals surface area contributed by atoms with Crippen molar-refractivity contribution < 1.29 is 19.1 Å². The summed E-state index contributed by atoms with van der Waals surface area (Å²) in [6.45, 7) is 0.973. The van der Waals surface area contributed by atoms with Crippen LogP contribution in [0, 0.1) is 5.92 Å². The number of amides is 1. The van der Waals surface area contributed by atoms with E-state index in [9.17, 15) is 9.59 Å². The Morgan fingerprint density at radius 2 is 1.95 bits per heavy atom. The number of furan rings is 1. The van der Waals surface area contributed by atoms with Crippen LogP contribution < -0.4 is 0 Å². The van der Waals surface area contributed by atoms with Gasteiger partial charge in [-0.3, -0.25) is 9.59 Å². The molecule has 0 saturated carbocycles. The number of carbonyl (C=O) groups excluding carboxylic acids is 1. The molecule has 0 bridgehead atoms. The molecule has 5 heteroatoms. The second-order valence-electron chi connectivity index (χ2n) is 5.46. The Morgan fingerprint density at radius 1 is 1.23 bits per heavy atom. The molecular weight excluding hydrogens is 282 g/mol. The zero-order chi connectivity index (χ0) is 15.5. The van der Waals surface area contributed by atoms with Crippen molar-refractivity contribution in [3.8, 4) is 0 Å². The van der Waals surface area contributed by atoms with Gasteiger partial charge in [-0.1, -0.05) is 18.2 Å². The number of benzene rings is 1. The smallest absolute Gasteiger partial charge is 0.306 e. The van der Waals surface area contributed by atoms with E-state index in [1.807, 2.05) is 30.3 Å². The van der Waals surface area contributed by atoms with Gasteiger partial charge in [0.15, 0.2) is 0 Å². The minimum Gasteiger partial charge on any atom is -0.481 e. The molecule has 1 saturated heterocycles. The Bertz CT molecular complexity index is 690. The van der Waals surface area contributed by atoms with E-state index in [1.54, 1.807) is 11.0 Å². The van der Waals surface area contributed by atoms with E-state index in [-0.39, 0.29) is 11.8 Å². The highest BCUT2D eigenvalue weighted by Crippen LogP contribution is 2.20. The number of rotatable bonds is 3. The number of carboxylic acid groups (broad SMARTS) is 1. The lowest BCUT2D eigenvalue weighted by molar-refractivity contribution is -0.144. The van der Waals surface area contributed by atoms with E-state index in [1.165, 1.54) is 6.08 Å². The molecule has 1 aliphatic heterocycles. The van der Waals surface area contributed by atoms with Crippen molar-refractivity contribution in [2.24, 2.45) is 5.92 Å². The lowest BCUT2D eigenvalue weighted by Gasteiger charge is -2.29. The Labute approximate surface area is 127 Å². The van der Waals surface area contributed by atoms with Gasteiger partial charge in [0.05, 0.1) is 5.92 Å². The largest absolute Gasteiger partial charge is 0.481 e. The summed E-state index contributed by atoms with van der Waals surface area (Å²) in [5.41, 5.74) is 0.789. The number of likely N-dealkylation sites (tertiary alicyclic amines) is 1. The van der Waals surface area contributed by atoms with Crippen LogP contribution in [0.1, 0.15) is 18.6 Å². The number of hydrogen-bond acceptors (Lipinski definition) is 3. The third-order valence-corrected chi connectivity index (χ3v) is 3.99. The summed E-state index contributed by atoms with van der Waals surface area (Å²) < 4.78 is 5.62. The average molecular weight is 299 g/mol. The molecule has 0 spiro atoms. The summed E-state index contributed by atoms with van der Waals surface area (Å²) in [5, 5.41) is 9.95. The van der Waals surface area contributed by atoms with Gasteiger partial charge in [-0.25, -0.2) is 0 Å². The maximum atomic E-state index is 12.1. The fraction of sp³-hybridized carbons (Fsp3) is 0.294. The summed E-state index contributed by atoms with van der Waals surface area (Å²) in [6.07, 6.45) is 4.17. The van der Waals surface area contributed by atoms with Crippen LogP contribution in [0.4, 0.5) is 0 Å². The third-order valence-electron chi connectivity index (χ3n) is 3.99. The lowest BCUT2D eigenvalue weighted by atomic mass is 9.97. The first-order valence-electron chi connectivity index (χ1n) is 7.32. The van der Waals surface area contributed by atoms with Gasteiger partial charge >= 0.3 is 5.97 Å². The quantitative estimate of drug-likeness (QED) is 0.885. The monoisotopic (exact) mass is 299 g/mol. The summed E-state index contributed by atoms with van der Waals surface area (Å²) in [4.78, 5) is 24.7. The van der Waals surface area contributed by atoms with Crippen molar-refractivity contribution in [3.63, 3.8) is 0 Å². The van der Waals surface area contributed by atoms with Crippen molar-refractivity contribution in [2.45, 2.75) is 12.8 Å². The molecule has 1 aromatic heterocycles. The van der Waals surface area contributed by atoms with E-state index < -0.39 is 5.97 Å². The predicted molar refractivity (Wildman–Crippen MR) is 82.2 cm³/mol. The maximum Gasteiger partial charge on any atom is 0.306 e. The Kier molecular flexibility index (Phi) is 3.96.